The lowest BCUT2D eigenvalue weighted by Gasteiger charge is -2.13. The van der Waals surface area contributed by atoms with E-state index in [1.807, 2.05) is 0 Å². The summed E-state index contributed by atoms with van der Waals surface area (Å²) in [5.74, 6) is -1.05. The second-order valence-electron chi connectivity index (χ2n) is 6.68. The highest BCUT2D eigenvalue weighted by Crippen LogP contribution is 2.24. The minimum atomic E-state index is -4.82. The number of amides is 2. The van der Waals surface area contributed by atoms with Gasteiger partial charge >= 0.3 is 6.36 Å². The molecule has 0 atom stereocenters. The molecule has 0 aliphatic carbocycles. The third kappa shape index (κ3) is 7.13. The van der Waals surface area contributed by atoms with Gasteiger partial charge < -0.3 is 20.1 Å². The maximum atomic E-state index is 12.9. The summed E-state index contributed by atoms with van der Waals surface area (Å²) in [7, 11) is 1.50. The van der Waals surface area contributed by atoms with Gasteiger partial charge in [-0.2, -0.15) is 0 Å². The molecule has 2 N–H and O–H groups in total. The summed E-state index contributed by atoms with van der Waals surface area (Å²) in [4.78, 5) is 25.5. The van der Waals surface area contributed by atoms with Crippen LogP contribution in [0.4, 0.5) is 18.9 Å². The summed E-state index contributed by atoms with van der Waals surface area (Å²) >= 11 is 0. The van der Waals surface area contributed by atoms with E-state index in [2.05, 4.69) is 15.4 Å². The van der Waals surface area contributed by atoms with Crippen LogP contribution in [0.15, 0.2) is 84.6 Å². The van der Waals surface area contributed by atoms with Gasteiger partial charge in [0.2, 0.25) is 0 Å². The minimum absolute atomic E-state index is 0.0762. The maximum Gasteiger partial charge on any atom is 0.573 e. The van der Waals surface area contributed by atoms with Crippen LogP contribution in [0.2, 0.25) is 0 Å². The van der Waals surface area contributed by atoms with Gasteiger partial charge in [0.1, 0.15) is 17.2 Å². The first kappa shape index (κ1) is 23.4. The second-order valence-corrected chi connectivity index (χ2v) is 6.68. The Bertz CT molecular complexity index is 1140. The number of benzene rings is 3. The summed E-state index contributed by atoms with van der Waals surface area (Å²) in [5.41, 5.74) is 1.06. The highest BCUT2D eigenvalue weighted by molar-refractivity contribution is 6.10. The summed E-state index contributed by atoms with van der Waals surface area (Å²) in [6, 6.07) is 19.8. The molecule has 3 aromatic rings. The molecule has 3 rings (SSSR count). The average molecular weight is 456 g/mol. The van der Waals surface area contributed by atoms with E-state index in [4.69, 9.17) is 4.74 Å². The van der Waals surface area contributed by atoms with Crippen molar-refractivity contribution in [1.29, 1.82) is 0 Å². The topological polar surface area (TPSA) is 76.7 Å². The summed E-state index contributed by atoms with van der Waals surface area (Å²) < 4.78 is 46.0. The summed E-state index contributed by atoms with van der Waals surface area (Å²) in [6.45, 7) is 0. The Hall–Kier alpha value is -4.27. The van der Waals surface area contributed by atoms with E-state index in [-0.39, 0.29) is 11.4 Å². The van der Waals surface area contributed by atoms with Crippen LogP contribution in [-0.2, 0) is 4.79 Å². The lowest BCUT2D eigenvalue weighted by Crippen LogP contribution is -2.30. The number of nitrogens with one attached hydrogen (secondary N) is 2. The Morgan fingerprint density at radius 2 is 1.58 bits per heavy atom. The Kier molecular flexibility index (Phi) is 7.34. The minimum Gasteiger partial charge on any atom is -0.497 e. The van der Waals surface area contributed by atoms with Gasteiger partial charge in [0.25, 0.3) is 11.8 Å². The highest BCUT2D eigenvalue weighted by Gasteiger charge is 2.31. The van der Waals surface area contributed by atoms with E-state index in [0.29, 0.717) is 16.9 Å². The Morgan fingerprint density at radius 1 is 0.879 bits per heavy atom. The van der Waals surface area contributed by atoms with Crippen molar-refractivity contribution in [3.05, 3.63) is 95.7 Å². The predicted octanol–water partition coefficient (Wildman–Crippen LogP) is 5.00. The number of carbonyl (C=O) groups excluding carboxylic acids is 2. The molecule has 0 spiro atoms. The first-order chi connectivity index (χ1) is 15.7. The predicted molar refractivity (Wildman–Crippen MR) is 117 cm³/mol. The molecule has 0 aromatic heterocycles. The molecule has 0 saturated carbocycles. The number of ether oxygens (including phenoxy) is 2. The van der Waals surface area contributed by atoms with Crippen LogP contribution in [0.3, 0.4) is 0 Å². The van der Waals surface area contributed by atoms with Gasteiger partial charge in [-0.15, -0.1) is 13.2 Å². The van der Waals surface area contributed by atoms with Crippen molar-refractivity contribution in [3.8, 4) is 11.5 Å². The average Bonchev–Trinajstić information content (AvgIpc) is 2.79. The van der Waals surface area contributed by atoms with Gasteiger partial charge in [-0.1, -0.05) is 30.3 Å². The van der Waals surface area contributed by atoms with E-state index in [9.17, 15) is 22.8 Å². The highest BCUT2D eigenvalue weighted by atomic mass is 19.4. The molecule has 6 nitrogen and oxygen atoms in total. The molecule has 0 fully saturated rings. The second kappa shape index (κ2) is 10.4. The molecule has 0 heterocycles. The zero-order valence-electron chi connectivity index (χ0n) is 17.3. The van der Waals surface area contributed by atoms with Crippen molar-refractivity contribution in [2.24, 2.45) is 0 Å². The third-order valence-electron chi connectivity index (χ3n) is 4.28. The van der Waals surface area contributed by atoms with E-state index >= 15 is 0 Å². The first-order valence-corrected chi connectivity index (χ1v) is 9.63. The lowest BCUT2D eigenvalue weighted by molar-refractivity contribution is -0.274. The molecule has 0 unspecified atom stereocenters. The standard InChI is InChI=1S/C24H19F3N2O4/c1-32-20-9-5-6-16(14-20)15-21(29-22(30)17-7-3-2-4-8-17)23(31)28-18-10-12-19(13-11-18)33-24(25,26)27/h2-15H,1H3,(H,28,31)(H,29,30). The van der Waals surface area contributed by atoms with Gasteiger partial charge in [-0.3, -0.25) is 9.59 Å². The van der Waals surface area contributed by atoms with Crippen molar-refractivity contribution in [2.45, 2.75) is 6.36 Å². The number of carbonyl (C=O) groups is 2. The van der Waals surface area contributed by atoms with Crippen LogP contribution >= 0.6 is 0 Å². The van der Waals surface area contributed by atoms with Crippen LogP contribution in [-0.4, -0.2) is 25.3 Å². The van der Waals surface area contributed by atoms with E-state index in [1.165, 1.54) is 25.3 Å². The molecule has 0 aliphatic heterocycles. The Morgan fingerprint density at radius 3 is 2.21 bits per heavy atom. The molecule has 0 saturated heterocycles. The lowest BCUT2D eigenvalue weighted by atomic mass is 10.1. The molecule has 9 heteroatoms. The molecular weight excluding hydrogens is 437 g/mol. The van der Waals surface area contributed by atoms with Gasteiger partial charge in [0, 0.05) is 11.3 Å². The Labute approximate surface area is 187 Å². The maximum absolute atomic E-state index is 12.9. The van der Waals surface area contributed by atoms with Crippen LogP contribution in [0.1, 0.15) is 15.9 Å². The number of halogens is 3. The normalized spacial score (nSPS) is 11.5. The van der Waals surface area contributed by atoms with Crippen molar-refractivity contribution in [2.75, 3.05) is 12.4 Å². The Balaban J connectivity index is 1.84. The molecule has 170 valence electrons. The first-order valence-electron chi connectivity index (χ1n) is 9.63. The molecule has 33 heavy (non-hydrogen) atoms. The summed E-state index contributed by atoms with van der Waals surface area (Å²) in [5, 5.41) is 5.13. The molecular formula is C24H19F3N2O4. The molecule has 0 radical (unpaired) electrons. The summed E-state index contributed by atoms with van der Waals surface area (Å²) in [6.07, 6.45) is -3.36. The van der Waals surface area contributed by atoms with E-state index < -0.39 is 23.9 Å². The smallest absolute Gasteiger partial charge is 0.497 e. The zero-order chi connectivity index (χ0) is 23.8. The fraction of sp³-hybridized carbons (Fsp3) is 0.0833. The van der Waals surface area contributed by atoms with Crippen molar-refractivity contribution < 1.29 is 32.2 Å². The van der Waals surface area contributed by atoms with Gasteiger partial charge in [-0.05, 0) is 60.2 Å². The van der Waals surface area contributed by atoms with Gasteiger partial charge in [0.05, 0.1) is 7.11 Å². The third-order valence-corrected chi connectivity index (χ3v) is 4.28. The molecule has 0 aliphatic rings. The SMILES string of the molecule is COc1cccc(C=C(NC(=O)c2ccccc2)C(=O)Nc2ccc(OC(F)(F)F)cc2)c1. The fourth-order valence-electron chi connectivity index (χ4n) is 2.78. The number of methoxy groups -OCH3 is 1. The van der Waals surface area contributed by atoms with Crippen LogP contribution < -0.4 is 20.1 Å². The fourth-order valence-corrected chi connectivity index (χ4v) is 2.78. The number of alkyl halides is 3. The number of anilines is 1. The quantitative estimate of drug-likeness (QED) is 0.491. The van der Waals surface area contributed by atoms with E-state index in [0.717, 1.165) is 12.1 Å². The van der Waals surface area contributed by atoms with Crippen LogP contribution in [0, 0.1) is 0 Å². The molecule has 2 amide bonds. The molecule has 3 aromatic carbocycles. The number of hydrogen-bond acceptors (Lipinski definition) is 4. The van der Waals surface area contributed by atoms with Crippen LogP contribution in [0.25, 0.3) is 6.08 Å². The molecule has 0 bridgehead atoms. The number of rotatable bonds is 7. The number of hydrogen-bond donors (Lipinski definition) is 2. The zero-order valence-corrected chi connectivity index (χ0v) is 17.3. The van der Waals surface area contributed by atoms with Crippen molar-refractivity contribution in [1.82, 2.24) is 5.32 Å². The van der Waals surface area contributed by atoms with Gasteiger partial charge in [-0.25, -0.2) is 0 Å². The van der Waals surface area contributed by atoms with Gasteiger partial charge in [0.15, 0.2) is 0 Å². The largest absolute Gasteiger partial charge is 0.573 e. The monoisotopic (exact) mass is 456 g/mol. The van der Waals surface area contributed by atoms with Crippen molar-refractivity contribution >= 4 is 23.6 Å². The van der Waals surface area contributed by atoms with E-state index in [1.54, 1.807) is 54.6 Å². The van der Waals surface area contributed by atoms with Crippen LogP contribution in [0.5, 0.6) is 11.5 Å². The van der Waals surface area contributed by atoms with Crippen molar-refractivity contribution in [3.63, 3.8) is 0 Å².